The second-order valence-corrected chi connectivity index (χ2v) is 4.10. The van der Waals surface area contributed by atoms with Crippen molar-refractivity contribution in [2.24, 2.45) is 5.92 Å². The van der Waals surface area contributed by atoms with Crippen molar-refractivity contribution < 1.29 is 9.84 Å². The van der Waals surface area contributed by atoms with E-state index in [1.165, 1.54) is 0 Å². The van der Waals surface area contributed by atoms with Crippen molar-refractivity contribution in [3.8, 4) is 0 Å². The van der Waals surface area contributed by atoms with Gasteiger partial charge >= 0.3 is 0 Å². The van der Waals surface area contributed by atoms with Crippen LogP contribution in [0.25, 0.3) is 0 Å². The number of rotatable bonds is 3. The molecule has 2 unspecified atom stereocenters. The smallest absolute Gasteiger partial charge is 0.0883 e. The van der Waals surface area contributed by atoms with E-state index in [1.807, 2.05) is 0 Å². The summed E-state index contributed by atoms with van der Waals surface area (Å²) in [5, 5.41) is 10.0. The molecule has 1 aliphatic heterocycles. The first-order valence-electron chi connectivity index (χ1n) is 4.96. The molecule has 0 aromatic heterocycles. The molecule has 2 heteroatoms. The lowest BCUT2D eigenvalue weighted by Crippen LogP contribution is -2.39. The van der Waals surface area contributed by atoms with E-state index in [0.29, 0.717) is 12.5 Å². The van der Waals surface area contributed by atoms with Gasteiger partial charge in [0.2, 0.25) is 0 Å². The summed E-state index contributed by atoms with van der Waals surface area (Å²) in [5.41, 5.74) is -0.520. The molecule has 0 amide bonds. The molecule has 1 rings (SSSR count). The summed E-state index contributed by atoms with van der Waals surface area (Å²) in [4.78, 5) is 0. The Balaban J connectivity index is 2.35. The van der Waals surface area contributed by atoms with E-state index >= 15 is 0 Å². The number of hydrogen-bond donors (Lipinski definition) is 1. The van der Waals surface area contributed by atoms with Gasteiger partial charge in [0.25, 0.3) is 0 Å². The third-order valence-corrected chi connectivity index (χ3v) is 2.73. The predicted octanol–water partition coefficient (Wildman–Crippen LogP) is 1.96. The first-order valence-corrected chi connectivity index (χ1v) is 4.96. The predicted molar refractivity (Wildman–Crippen MR) is 49.1 cm³/mol. The van der Waals surface area contributed by atoms with Crippen molar-refractivity contribution in [2.75, 3.05) is 13.2 Å². The molecule has 1 saturated heterocycles. The Hall–Kier alpha value is -0.0800. The van der Waals surface area contributed by atoms with Crippen LogP contribution in [0.15, 0.2) is 0 Å². The number of ether oxygens (including phenoxy) is 1. The van der Waals surface area contributed by atoms with Gasteiger partial charge in [0, 0.05) is 6.61 Å². The molecule has 0 bridgehead atoms. The van der Waals surface area contributed by atoms with Crippen molar-refractivity contribution in [2.45, 2.75) is 45.1 Å². The highest BCUT2D eigenvalue weighted by molar-refractivity contribution is 4.82. The van der Waals surface area contributed by atoms with Gasteiger partial charge in [-0.3, -0.25) is 0 Å². The average Bonchev–Trinajstić information content (AvgIpc) is 2.05. The Morgan fingerprint density at radius 1 is 1.58 bits per heavy atom. The van der Waals surface area contributed by atoms with E-state index in [2.05, 4.69) is 13.8 Å². The minimum atomic E-state index is -0.520. The highest BCUT2D eigenvalue weighted by Crippen LogP contribution is 2.27. The van der Waals surface area contributed by atoms with Gasteiger partial charge < -0.3 is 9.84 Å². The molecule has 1 N–H and O–H groups in total. The van der Waals surface area contributed by atoms with Gasteiger partial charge in [0.15, 0.2) is 0 Å². The van der Waals surface area contributed by atoms with E-state index in [-0.39, 0.29) is 0 Å². The lowest BCUT2D eigenvalue weighted by molar-refractivity contribution is -0.0965. The van der Waals surface area contributed by atoms with E-state index in [4.69, 9.17) is 4.74 Å². The molecule has 0 aromatic carbocycles. The lowest BCUT2D eigenvalue weighted by atomic mass is 9.86. The zero-order chi connectivity index (χ0) is 9.03. The summed E-state index contributed by atoms with van der Waals surface area (Å²) in [6.07, 6.45) is 3.95. The zero-order valence-electron chi connectivity index (χ0n) is 8.18. The Morgan fingerprint density at radius 3 is 2.83 bits per heavy atom. The minimum absolute atomic E-state index is 0.520. The highest BCUT2D eigenvalue weighted by atomic mass is 16.5. The van der Waals surface area contributed by atoms with Crippen LogP contribution in [0.5, 0.6) is 0 Å². The molecule has 0 aliphatic carbocycles. The summed E-state index contributed by atoms with van der Waals surface area (Å²) < 4.78 is 5.28. The molecule has 72 valence electrons. The molecule has 0 aromatic rings. The summed E-state index contributed by atoms with van der Waals surface area (Å²) in [6.45, 7) is 5.71. The first kappa shape index (κ1) is 10.0. The maximum atomic E-state index is 10.0. The molecule has 1 fully saturated rings. The van der Waals surface area contributed by atoms with E-state index < -0.39 is 5.60 Å². The molecule has 2 atom stereocenters. The molecule has 12 heavy (non-hydrogen) atoms. The maximum absolute atomic E-state index is 10.0. The summed E-state index contributed by atoms with van der Waals surface area (Å²) in [7, 11) is 0. The second-order valence-electron chi connectivity index (χ2n) is 4.10. The Morgan fingerprint density at radius 2 is 2.33 bits per heavy atom. The zero-order valence-corrected chi connectivity index (χ0v) is 8.18. The Bertz CT molecular complexity index is 128. The SMILES string of the molecule is CCC(C)CC1(O)CCCOC1. The topological polar surface area (TPSA) is 29.5 Å². The van der Waals surface area contributed by atoms with E-state index in [1.54, 1.807) is 0 Å². The van der Waals surface area contributed by atoms with Crippen LogP contribution in [-0.4, -0.2) is 23.9 Å². The molecular weight excluding hydrogens is 152 g/mol. The normalized spacial score (nSPS) is 33.2. The fourth-order valence-electron chi connectivity index (χ4n) is 1.79. The summed E-state index contributed by atoms with van der Waals surface area (Å²) in [6, 6.07) is 0. The van der Waals surface area contributed by atoms with Crippen LogP contribution in [0.4, 0.5) is 0 Å². The fourth-order valence-corrected chi connectivity index (χ4v) is 1.79. The Kier molecular flexibility index (Phi) is 3.53. The van der Waals surface area contributed by atoms with Gasteiger partial charge in [-0.1, -0.05) is 20.3 Å². The monoisotopic (exact) mass is 172 g/mol. The van der Waals surface area contributed by atoms with Gasteiger partial charge in [-0.2, -0.15) is 0 Å². The average molecular weight is 172 g/mol. The third-order valence-electron chi connectivity index (χ3n) is 2.73. The molecule has 0 spiro atoms. The van der Waals surface area contributed by atoms with Crippen LogP contribution < -0.4 is 0 Å². The molecule has 1 heterocycles. The highest BCUT2D eigenvalue weighted by Gasteiger charge is 2.31. The first-order chi connectivity index (χ1) is 5.66. The third kappa shape index (κ3) is 2.76. The van der Waals surface area contributed by atoms with Gasteiger partial charge in [-0.05, 0) is 25.2 Å². The summed E-state index contributed by atoms with van der Waals surface area (Å²) in [5.74, 6) is 0.608. The molecule has 2 nitrogen and oxygen atoms in total. The molecule has 0 saturated carbocycles. The van der Waals surface area contributed by atoms with Crippen LogP contribution in [0.2, 0.25) is 0 Å². The molecule has 1 aliphatic rings. The van der Waals surface area contributed by atoms with Crippen molar-refractivity contribution in [3.05, 3.63) is 0 Å². The number of hydrogen-bond acceptors (Lipinski definition) is 2. The van der Waals surface area contributed by atoms with Gasteiger partial charge in [-0.25, -0.2) is 0 Å². The van der Waals surface area contributed by atoms with Gasteiger partial charge in [-0.15, -0.1) is 0 Å². The van der Waals surface area contributed by atoms with Crippen molar-refractivity contribution in [1.82, 2.24) is 0 Å². The van der Waals surface area contributed by atoms with Crippen molar-refractivity contribution in [1.29, 1.82) is 0 Å². The second kappa shape index (κ2) is 4.24. The largest absolute Gasteiger partial charge is 0.387 e. The minimum Gasteiger partial charge on any atom is -0.387 e. The standard InChI is InChI=1S/C10H20O2/c1-3-9(2)7-10(11)5-4-6-12-8-10/h9,11H,3-8H2,1-2H3. The van der Waals surface area contributed by atoms with Crippen molar-refractivity contribution >= 4 is 0 Å². The van der Waals surface area contributed by atoms with Crippen LogP contribution in [-0.2, 0) is 4.74 Å². The van der Waals surface area contributed by atoms with Crippen LogP contribution >= 0.6 is 0 Å². The number of aliphatic hydroxyl groups is 1. The lowest BCUT2D eigenvalue weighted by Gasteiger charge is -2.33. The van der Waals surface area contributed by atoms with Crippen LogP contribution in [0.1, 0.15) is 39.5 Å². The Labute approximate surface area is 74.9 Å². The van der Waals surface area contributed by atoms with Crippen LogP contribution in [0, 0.1) is 5.92 Å². The quantitative estimate of drug-likeness (QED) is 0.705. The molecular formula is C10H20O2. The van der Waals surface area contributed by atoms with Crippen molar-refractivity contribution in [3.63, 3.8) is 0 Å². The van der Waals surface area contributed by atoms with E-state index in [0.717, 1.165) is 32.3 Å². The van der Waals surface area contributed by atoms with E-state index in [9.17, 15) is 5.11 Å². The van der Waals surface area contributed by atoms with Crippen LogP contribution in [0.3, 0.4) is 0 Å². The summed E-state index contributed by atoms with van der Waals surface area (Å²) >= 11 is 0. The fraction of sp³-hybridized carbons (Fsp3) is 1.00. The van der Waals surface area contributed by atoms with Gasteiger partial charge in [0.1, 0.15) is 0 Å². The molecule has 0 radical (unpaired) electrons. The van der Waals surface area contributed by atoms with Gasteiger partial charge in [0.05, 0.1) is 12.2 Å². The maximum Gasteiger partial charge on any atom is 0.0883 e.